The number of H-pyrrole nitrogens is 1. The minimum Gasteiger partial charge on any atom is -0.336 e. The van der Waals surface area contributed by atoms with Crippen LogP contribution in [0.1, 0.15) is 32.6 Å². The van der Waals surface area contributed by atoms with Gasteiger partial charge in [-0.1, -0.05) is 12.1 Å². The van der Waals surface area contributed by atoms with Crippen molar-refractivity contribution in [2.45, 2.75) is 32.6 Å². The normalized spacial score (nSPS) is 15.1. The average Bonchev–Trinajstić information content (AvgIpc) is 3.32. The molecule has 0 saturated carbocycles. The lowest BCUT2D eigenvalue weighted by atomic mass is 10.0. The Morgan fingerprint density at radius 1 is 0.970 bits per heavy atom. The third kappa shape index (κ3) is 4.28. The fraction of sp³-hybridized carbons (Fsp3) is 0.333. The van der Waals surface area contributed by atoms with Gasteiger partial charge in [0, 0.05) is 26.2 Å². The first-order valence-corrected chi connectivity index (χ1v) is 13.1. The third-order valence-corrected chi connectivity index (χ3v) is 9.42. The molecule has 174 valence electrons. The molecule has 33 heavy (non-hydrogen) atoms. The van der Waals surface area contributed by atoms with E-state index >= 15 is 0 Å². The average molecular weight is 486 g/mol. The highest BCUT2D eigenvalue weighted by Gasteiger charge is 2.33. The van der Waals surface area contributed by atoms with Crippen LogP contribution in [0.5, 0.6) is 0 Å². The van der Waals surface area contributed by atoms with Crippen molar-refractivity contribution in [3.63, 3.8) is 0 Å². The maximum Gasteiger partial charge on any atom is 0.261 e. The minimum absolute atomic E-state index is 0.0626. The number of hydrogen-bond acceptors (Lipinski definition) is 5. The summed E-state index contributed by atoms with van der Waals surface area (Å²) in [6.07, 6.45) is 0. The summed E-state index contributed by atoms with van der Waals surface area (Å²) in [5.74, 6) is -0.384. The Labute approximate surface area is 197 Å². The lowest BCUT2D eigenvalue weighted by Gasteiger charge is -2.34. The number of hydrogen-bond donors (Lipinski definition) is 1. The Balaban J connectivity index is 1.52. The van der Waals surface area contributed by atoms with Gasteiger partial charge in [0.25, 0.3) is 11.5 Å². The van der Waals surface area contributed by atoms with Crippen LogP contribution in [-0.4, -0.2) is 54.7 Å². The number of nitrogens with zero attached hydrogens (tertiary/aromatic N) is 2. The van der Waals surface area contributed by atoms with Crippen LogP contribution >= 0.6 is 11.3 Å². The summed E-state index contributed by atoms with van der Waals surface area (Å²) in [5.41, 5.74) is 3.69. The van der Waals surface area contributed by atoms with Crippen molar-refractivity contribution >= 4 is 27.3 Å². The standard InChI is InChI=1S/C24H27N3O4S2/c1-15-14-16(2)18(4)22(17(15)3)33(30,31)27-11-9-26(10-12-27)24(29)19-7-8-20(25-23(19)28)21-6-5-13-32-21/h5-8,13-14H,9-12H2,1-4H3,(H,25,28). The molecular weight excluding hydrogens is 458 g/mol. The molecule has 1 aliphatic rings. The lowest BCUT2D eigenvalue weighted by Crippen LogP contribution is -2.51. The van der Waals surface area contributed by atoms with E-state index in [1.807, 2.05) is 51.3 Å². The maximum absolute atomic E-state index is 13.5. The van der Waals surface area contributed by atoms with Gasteiger partial charge in [-0.05, 0) is 73.5 Å². The van der Waals surface area contributed by atoms with Crippen molar-refractivity contribution < 1.29 is 13.2 Å². The Morgan fingerprint density at radius 2 is 1.61 bits per heavy atom. The van der Waals surface area contributed by atoms with E-state index in [0.29, 0.717) is 10.6 Å². The predicted octanol–water partition coefficient (Wildman–Crippen LogP) is 3.48. The maximum atomic E-state index is 13.5. The molecule has 9 heteroatoms. The molecule has 1 N–H and O–H groups in total. The van der Waals surface area contributed by atoms with Crippen LogP contribution in [0.4, 0.5) is 0 Å². The number of benzene rings is 1. The highest BCUT2D eigenvalue weighted by molar-refractivity contribution is 7.89. The van der Waals surface area contributed by atoms with Crippen molar-refractivity contribution in [2.24, 2.45) is 0 Å². The molecule has 0 radical (unpaired) electrons. The number of aryl methyl sites for hydroxylation is 2. The molecule has 1 aromatic carbocycles. The Morgan fingerprint density at radius 3 is 2.15 bits per heavy atom. The zero-order valence-electron chi connectivity index (χ0n) is 19.1. The molecule has 0 atom stereocenters. The zero-order chi connectivity index (χ0) is 23.9. The van der Waals surface area contributed by atoms with E-state index in [9.17, 15) is 18.0 Å². The molecular formula is C24H27N3O4S2. The number of carbonyl (C=O) groups excluding carboxylic acids is 1. The number of rotatable bonds is 4. The van der Waals surface area contributed by atoms with E-state index in [1.54, 1.807) is 17.0 Å². The Kier molecular flexibility index (Phi) is 6.30. The van der Waals surface area contributed by atoms with Crippen LogP contribution in [0, 0.1) is 27.7 Å². The summed E-state index contributed by atoms with van der Waals surface area (Å²) in [7, 11) is -3.69. The molecule has 2 aromatic heterocycles. The van der Waals surface area contributed by atoms with Gasteiger partial charge in [0.2, 0.25) is 10.0 Å². The molecule has 1 saturated heterocycles. The highest BCUT2D eigenvalue weighted by atomic mass is 32.2. The number of carbonyl (C=O) groups is 1. The van der Waals surface area contributed by atoms with Gasteiger partial charge in [-0.15, -0.1) is 11.3 Å². The summed E-state index contributed by atoms with van der Waals surface area (Å²) in [5, 5.41) is 1.92. The quantitative estimate of drug-likeness (QED) is 0.613. The fourth-order valence-electron chi connectivity index (χ4n) is 4.22. The number of amides is 1. The van der Waals surface area contributed by atoms with E-state index in [2.05, 4.69) is 4.98 Å². The number of aromatic nitrogens is 1. The second-order valence-corrected chi connectivity index (χ2v) is 11.2. The van der Waals surface area contributed by atoms with Gasteiger partial charge >= 0.3 is 0 Å². The monoisotopic (exact) mass is 485 g/mol. The van der Waals surface area contributed by atoms with Gasteiger partial charge < -0.3 is 9.88 Å². The van der Waals surface area contributed by atoms with Crippen LogP contribution in [-0.2, 0) is 10.0 Å². The SMILES string of the molecule is Cc1cc(C)c(C)c(S(=O)(=O)N2CCN(C(=O)c3ccc(-c4cccs4)[nH]c3=O)CC2)c1C. The van der Waals surface area contributed by atoms with Crippen LogP contribution in [0.2, 0.25) is 0 Å². The first-order chi connectivity index (χ1) is 15.6. The Bertz CT molecular complexity index is 1340. The second-order valence-electron chi connectivity index (χ2n) is 8.38. The van der Waals surface area contributed by atoms with Crippen molar-refractivity contribution in [3.8, 4) is 10.6 Å². The summed E-state index contributed by atoms with van der Waals surface area (Å²) < 4.78 is 28.3. The summed E-state index contributed by atoms with van der Waals surface area (Å²) in [6, 6.07) is 9.07. The third-order valence-electron chi connectivity index (χ3n) is 6.35. The summed E-state index contributed by atoms with van der Waals surface area (Å²) >= 11 is 1.50. The van der Waals surface area contributed by atoms with Gasteiger partial charge in [0.1, 0.15) is 5.56 Å². The number of piperazine rings is 1. The summed E-state index contributed by atoms with van der Waals surface area (Å²) in [4.78, 5) is 31.1. The number of pyridine rings is 1. The molecule has 7 nitrogen and oxygen atoms in total. The number of thiophene rings is 1. The lowest BCUT2D eigenvalue weighted by molar-refractivity contribution is 0.0696. The smallest absolute Gasteiger partial charge is 0.261 e. The van der Waals surface area contributed by atoms with Gasteiger partial charge in [-0.25, -0.2) is 8.42 Å². The van der Waals surface area contributed by atoms with Crippen LogP contribution in [0.3, 0.4) is 0 Å². The molecule has 0 bridgehead atoms. The molecule has 1 fully saturated rings. The molecule has 1 aliphatic heterocycles. The van der Waals surface area contributed by atoms with E-state index in [1.165, 1.54) is 15.6 Å². The second kappa shape index (κ2) is 8.89. The van der Waals surface area contributed by atoms with E-state index in [4.69, 9.17) is 0 Å². The van der Waals surface area contributed by atoms with Crippen molar-refractivity contribution in [3.05, 3.63) is 73.9 Å². The van der Waals surface area contributed by atoms with Crippen LogP contribution in [0.25, 0.3) is 10.6 Å². The molecule has 3 aromatic rings. The Hall–Kier alpha value is -2.75. The van der Waals surface area contributed by atoms with Gasteiger partial charge in [-0.2, -0.15) is 4.31 Å². The fourth-order valence-corrected chi connectivity index (χ4v) is 6.92. The molecule has 3 heterocycles. The first-order valence-electron chi connectivity index (χ1n) is 10.7. The molecule has 4 rings (SSSR count). The molecule has 0 spiro atoms. The van der Waals surface area contributed by atoms with Crippen LogP contribution < -0.4 is 5.56 Å². The van der Waals surface area contributed by atoms with Gasteiger partial charge in [0.15, 0.2) is 0 Å². The number of sulfonamides is 1. The largest absolute Gasteiger partial charge is 0.336 e. The topological polar surface area (TPSA) is 90.6 Å². The zero-order valence-corrected chi connectivity index (χ0v) is 20.8. The van der Waals surface area contributed by atoms with E-state index in [0.717, 1.165) is 27.1 Å². The van der Waals surface area contributed by atoms with Crippen LogP contribution in [0.15, 0.2) is 45.4 Å². The van der Waals surface area contributed by atoms with E-state index in [-0.39, 0.29) is 37.6 Å². The first kappa shape index (κ1) is 23.4. The predicted molar refractivity (Wildman–Crippen MR) is 130 cm³/mol. The summed E-state index contributed by atoms with van der Waals surface area (Å²) in [6.45, 7) is 8.33. The number of nitrogens with one attached hydrogen (secondary N) is 1. The molecule has 1 amide bonds. The van der Waals surface area contributed by atoms with Gasteiger partial charge in [0.05, 0.1) is 15.5 Å². The molecule has 0 unspecified atom stereocenters. The highest BCUT2D eigenvalue weighted by Crippen LogP contribution is 2.29. The van der Waals surface area contributed by atoms with Crippen molar-refractivity contribution in [1.82, 2.24) is 14.2 Å². The van der Waals surface area contributed by atoms with Crippen molar-refractivity contribution in [2.75, 3.05) is 26.2 Å². The van der Waals surface area contributed by atoms with Gasteiger partial charge in [-0.3, -0.25) is 9.59 Å². The van der Waals surface area contributed by atoms with E-state index < -0.39 is 15.6 Å². The van der Waals surface area contributed by atoms with Crippen molar-refractivity contribution in [1.29, 1.82) is 0 Å². The number of aromatic amines is 1. The minimum atomic E-state index is -3.69. The molecule has 0 aliphatic carbocycles.